The number of hydrogen-bond acceptors (Lipinski definition) is 11. The summed E-state index contributed by atoms with van der Waals surface area (Å²) in [5, 5.41) is 76.4. The second kappa shape index (κ2) is 7.63. The SMILES string of the molecule is O[13CH2][13CH]1O[13CH](O[13CH]2O[13CH]([13CH2]O)[13CH](O)[13CH](O)[13CH]2O)[13CH](O)[13CH](O)[13CH]1O. The van der Waals surface area contributed by atoms with Gasteiger partial charge in [-0.15, -0.1) is 0 Å². The molecule has 10 unspecified atom stereocenters. The predicted molar refractivity (Wildman–Crippen MR) is 68.6 cm³/mol. The highest BCUT2D eigenvalue weighted by molar-refractivity contribution is 4.92. The Kier molecular flexibility index (Phi) is 6.27. The van der Waals surface area contributed by atoms with Crippen molar-refractivity contribution in [2.75, 3.05) is 13.2 Å². The van der Waals surface area contributed by atoms with Crippen molar-refractivity contribution in [2.45, 2.75) is 61.4 Å². The Hall–Kier alpha value is -0.440. The Morgan fingerprint density at radius 2 is 0.913 bits per heavy atom. The first kappa shape index (κ1) is 18.9. The van der Waals surface area contributed by atoms with Gasteiger partial charge in [-0.2, -0.15) is 0 Å². The largest absolute Gasteiger partial charge is 0.394 e. The molecule has 0 aromatic heterocycles. The molecule has 11 heteroatoms. The average molecular weight is 354 g/mol. The molecule has 10 atom stereocenters. The summed E-state index contributed by atoms with van der Waals surface area (Å²) in [6.07, 6.45) is -15.6. The van der Waals surface area contributed by atoms with E-state index in [1.807, 2.05) is 0 Å². The molecule has 11 nitrogen and oxygen atoms in total. The van der Waals surface area contributed by atoms with Gasteiger partial charge in [0, 0.05) is 0 Å². The zero-order valence-corrected chi connectivity index (χ0v) is 12.0. The molecule has 8 N–H and O–H groups in total. The van der Waals surface area contributed by atoms with E-state index >= 15 is 0 Å². The minimum absolute atomic E-state index is 0.667. The Labute approximate surface area is 130 Å². The molecule has 0 saturated carbocycles. The Morgan fingerprint density at radius 3 is 1.22 bits per heavy atom. The molecule has 2 heterocycles. The molecule has 0 radical (unpaired) electrons. The lowest BCUT2D eigenvalue weighted by molar-refractivity contribution is -0.376. The number of hydrogen-bond donors (Lipinski definition) is 8. The van der Waals surface area contributed by atoms with Crippen LogP contribution in [0.3, 0.4) is 0 Å². The number of rotatable bonds is 4. The van der Waals surface area contributed by atoms with Gasteiger partial charge in [-0.25, -0.2) is 0 Å². The van der Waals surface area contributed by atoms with E-state index in [1.165, 1.54) is 0 Å². The first-order valence-corrected chi connectivity index (χ1v) is 7.08. The number of aliphatic hydroxyl groups is 8. The summed E-state index contributed by atoms with van der Waals surface area (Å²) < 4.78 is 15.3. The van der Waals surface area contributed by atoms with Crippen LogP contribution in [0.4, 0.5) is 0 Å². The topological polar surface area (TPSA) is 190 Å². The van der Waals surface area contributed by atoms with Gasteiger partial charge >= 0.3 is 0 Å². The zero-order valence-electron chi connectivity index (χ0n) is 12.0. The van der Waals surface area contributed by atoms with Crippen molar-refractivity contribution in [1.82, 2.24) is 0 Å². The summed E-state index contributed by atoms with van der Waals surface area (Å²) >= 11 is 0. The molecule has 0 bridgehead atoms. The molecule has 0 spiro atoms. The minimum atomic E-state index is -1.72. The first-order chi connectivity index (χ1) is 10.8. The van der Waals surface area contributed by atoms with E-state index < -0.39 is 74.6 Å². The fourth-order valence-corrected chi connectivity index (χ4v) is 2.49. The van der Waals surface area contributed by atoms with Gasteiger partial charge in [0.15, 0.2) is 12.6 Å². The lowest BCUT2D eigenvalue weighted by Crippen LogP contribution is -2.63. The van der Waals surface area contributed by atoms with Crippen LogP contribution in [0.15, 0.2) is 0 Å². The maximum atomic E-state index is 9.84. The second-order valence-electron chi connectivity index (χ2n) is 5.53. The molecule has 136 valence electrons. The quantitative estimate of drug-likeness (QED) is 0.225. The Balaban J connectivity index is 2.07. The fourth-order valence-electron chi connectivity index (χ4n) is 2.49. The van der Waals surface area contributed by atoms with Gasteiger partial charge in [0.25, 0.3) is 0 Å². The highest BCUT2D eigenvalue weighted by Gasteiger charge is 2.49. The molecule has 0 aliphatic carbocycles. The molecule has 0 amide bonds. The maximum Gasteiger partial charge on any atom is 0.189 e. The molecule has 2 aliphatic rings. The van der Waals surface area contributed by atoms with Gasteiger partial charge in [0.1, 0.15) is 48.8 Å². The molecule has 2 saturated heterocycles. The van der Waals surface area contributed by atoms with Crippen LogP contribution in [-0.4, -0.2) is 115 Å². The van der Waals surface area contributed by atoms with E-state index in [0.717, 1.165) is 0 Å². The number of aliphatic hydroxyl groups excluding tert-OH is 8. The minimum Gasteiger partial charge on any atom is -0.394 e. The van der Waals surface area contributed by atoms with Gasteiger partial charge in [0.2, 0.25) is 0 Å². The maximum absolute atomic E-state index is 9.84. The Morgan fingerprint density at radius 1 is 0.565 bits per heavy atom. The van der Waals surface area contributed by atoms with Crippen LogP contribution < -0.4 is 0 Å². The van der Waals surface area contributed by atoms with Gasteiger partial charge in [-0.1, -0.05) is 0 Å². The molecule has 2 aliphatic heterocycles. The van der Waals surface area contributed by atoms with E-state index in [2.05, 4.69) is 0 Å². The van der Waals surface area contributed by atoms with Gasteiger partial charge in [-0.3, -0.25) is 0 Å². The first-order valence-electron chi connectivity index (χ1n) is 7.08. The van der Waals surface area contributed by atoms with E-state index in [-0.39, 0.29) is 0 Å². The van der Waals surface area contributed by atoms with Crippen LogP contribution in [0.25, 0.3) is 0 Å². The fraction of sp³-hybridized carbons (Fsp3) is 1.00. The van der Waals surface area contributed by atoms with E-state index in [1.54, 1.807) is 0 Å². The van der Waals surface area contributed by atoms with Crippen molar-refractivity contribution in [1.29, 1.82) is 0 Å². The summed E-state index contributed by atoms with van der Waals surface area (Å²) in [6.45, 7) is -1.33. The smallest absolute Gasteiger partial charge is 0.189 e. The van der Waals surface area contributed by atoms with Crippen LogP contribution in [0.1, 0.15) is 0 Å². The Bertz CT molecular complexity index is 344. The molecule has 0 aromatic rings. The average Bonchev–Trinajstić information content (AvgIpc) is 2.55. The zero-order chi connectivity index (χ0) is 17.3. The lowest BCUT2D eigenvalue weighted by atomic mass is 10.9. The second-order valence-corrected chi connectivity index (χ2v) is 5.53. The standard InChI is InChI=1S/C12H22O11/c13-1-3-5(15)7(17)9(19)11(21-3)23-12-10(20)8(18)6(16)4(2-14)22-12/h3-20H,1-2H2/i1+1,2+1,3+1,4+1,5+1,6+1,7+1,8+1,9+1,10+1,11+1,12+1. The molecular formula is C12H22O11. The number of ether oxygens (including phenoxy) is 3. The van der Waals surface area contributed by atoms with Gasteiger partial charge < -0.3 is 55.1 Å². The third-order valence-corrected chi connectivity index (χ3v) is 3.97. The van der Waals surface area contributed by atoms with Crippen LogP contribution >= 0.6 is 0 Å². The molecular weight excluding hydrogens is 332 g/mol. The predicted octanol–water partition coefficient (Wildman–Crippen LogP) is -5.40. The van der Waals surface area contributed by atoms with Crippen molar-refractivity contribution in [3.63, 3.8) is 0 Å². The van der Waals surface area contributed by atoms with Crippen molar-refractivity contribution in [3.05, 3.63) is 0 Å². The normalized spacial score (nSPS) is 51.7. The van der Waals surface area contributed by atoms with Crippen molar-refractivity contribution >= 4 is 0 Å². The molecule has 2 fully saturated rings. The summed E-state index contributed by atoms with van der Waals surface area (Å²) in [5.41, 5.74) is 0. The highest BCUT2D eigenvalue weighted by Crippen LogP contribution is 2.27. The lowest BCUT2D eigenvalue weighted by Gasteiger charge is -2.44. The van der Waals surface area contributed by atoms with E-state index in [0.29, 0.717) is 0 Å². The van der Waals surface area contributed by atoms with Gasteiger partial charge in [0.05, 0.1) is 13.2 Å². The van der Waals surface area contributed by atoms with Crippen LogP contribution in [0.5, 0.6) is 0 Å². The third kappa shape index (κ3) is 3.65. The summed E-state index contributed by atoms with van der Waals surface area (Å²) in [4.78, 5) is 0. The van der Waals surface area contributed by atoms with Crippen LogP contribution in [0.2, 0.25) is 0 Å². The van der Waals surface area contributed by atoms with E-state index in [4.69, 9.17) is 24.4 Å². The van der Waals surface area contributed by atoms with Gasteiger partial charge in [-0.05, 0) is 0 Å². The van der Waals surface area contributed by atoms with Crippen molar-refractivity contribution in [3.8, 4) is 0 Å². The van der Waals surface area contributed by atoms with Crippen molar-refractivity contribution in [2.24, 2.45) is 0 Å². The van der Waals surface area contributed by atoms with E-state index in [9.17, 15) is 30.6 Å². The molecule has 23 heavy (non-hydrogen) atoms. The third-order valence-electron chi connectivity index (χ3n) is 3.97. The van der Waals surface area contributed by atoms with Crippen LogP contribution in [-0.2, 0) is 14.2 Å². The molecule has 0 aromatic carbocycles. The monoisotopic (exact) mass is 354 g/mol. The highest BCUT2D eigenvalue weighted by atomic mass is 17.0. The van der Waals surface area contributed by atoms with Crippen molar-refractivity contribution < 1.29 is 55.1 Å². The van der Waals surface area contributed by atoms with Crippen LogP contribution in [0, 0.1) is 0 Å². The molecule has 2 rings (SSSR count). The summed E-state index contributed by atoms with van der Waals surface area (Å²) in [5.74, 6) is 0. The summed E-state index contributed by atoms with van der Waals surface area (Å²) in [6, 6.07) is 0. The summed E-state index contributed by atoms with van der Waals surface area (Å²) in [7, 11) is 0.